The molecule has 4 heteroatoms. The molecule has 2 heterocycles. The first kappa shape index (κ1) is 18.1. The maximum Gasteiger partial charge on any atom is 0.344 e. The summed E-state index contributed by atoms with van der Waals surface area (Å²) in [6.45, 7) is 6.10. The van der Waals surface area contributed by atoms with E-state index in [0.29, 0.717) is 29.3 Å². The Morgan fingerprint density at radius 3 is 2.67 bits per heavy atom. The number of phenolic OH excluding ortho intramolecular Hbond substituents is 1. The number of quaternary nitrogens is 1. The number of fused-ring (bicyclic) bond motifs is 3. The molecular weight excluding hydrogens is 338 g/mol. The first-order chi connectivity index (χ1) is 13.1. The van der Waals surface area contributed by atoms with Gasteiger partial charge in [-0.25, -0.2) is 4.79 Å². The lowest BCUT2D eigenvalue weighted by Gasteiger charge is -2.32. The molecule has 142 valence electrons. The Hall–Kier alpha value is -2.33. The standard InChI is InChI=1S/C23H27NO3/c1-3-15-13-19-17-10-5-6-11-18(17)23(26)27-22(19)20(21(15)25)14-24-12-8-7-9-16(24)4-2/h5-6,10-11,13,16,25H,3-4,7-9,12,14H2,1-2H3/p+1. The number of aryl methyl sites for hydroxylation is 1. The zero-order valence-electron chi connectivity index (χ0n) is 16.2. The van der Waals surface area contributed by atoms with Gasteiger partial charge in [-0.05, 0) is 55.2 Å². The summed E-state index contributed by atoms with van der Waals surface area (Å²) in [6.07, 6.45) is 5.60. The Bertz CT molecular complexity index is 1040. The van der Waals surface area contributed by atoms with Crippen molar-refractivity contribution in [3.8, 4) is 5.75 Å². The summed E-state index contributed by atoms with van der Waals surface area (Å²) in [5, 5.41) is 13.4. The van der Waals surface area contributed by atoms with E-state index in [2.05, 4.69) is 13.8 Å². The lowest BCUT2D eigenvalue weighted by Crippen LogP contribution is -3.15. The molecule has 0 saturated carbocycles. The number of hydrogen-bond donors (Lipinski definition) is 2. The number of aromatic hydroxyl groups is 1. The monoisotopic (exact) mass is 366 g/mol. The molecular formula is C23H28NO3+. The summed E-state index contributed by atoms with van der Waals surface area (Å²) in [7, 11) is 0. The van der Waals surface area contributed by atoms with Gasteiger partial charge in [-0.1, -0.05) is 32.0 Å². The van der Waals surface area contributed by atoms with Crippen molar-refractivity contribution in [2.45, 2.75) is 58.5 Å². The van der Waals surface area contributed by atoms with E-state index in [1.807, 2.05) is 30.3 Å². The average Bonchev–Trinajstić information content (AvgIpc) is 2.71. The molecule has 3 aromatic rings. The van der Waals surface area contributed by atoms with Gasteiger partial charge in [0.15, 0.2) is 5.58 Å². The molecule has 4 nitrogen and oxygen atoms in total. The van der Waals surface area contributed by atoms with Crippen molar-refractivity contribution >= 4 is 21.7 Å². The third kappa shape index (κ3) is 3.12. The van der Waals surface area contributed by atoms with Gasteiger partial charge < -0.3 is 14.4 Å². The Balaban J connectivity index is 1.95. The second-order valence-corrected chi connectivity index (χ2v) is 7.71. The van der Waals surface area contributed by atoms with Crippen LogP contribution < -0.4 is 10.5 Å². The second kappa shape index (κ2) is 7.35. The van der Waals surface area contributed by atoms with E-state index < -0.39 is 0 Å². The fourth-order valence-corrected chi connectivity index (χ4v) is 4.67. The van der Waals surface area contributed by atoms with Crippen molar-refractivity contribution in [2.75, 3.05) is 6.54 Å². The number of rotatable bonds is 4. The van der Waals surface area contributed by atoms with Crippen molar-refractivity contribution in [1.29, 1.82) is 0 Å². The predicted molar refractivity (Wildman–Crippen MR) is 108 cm³/mol. The van der Waals surface area contributed by atoms with E-state index in [-0.39, 0.29) is 5.63 Å². The van der Waals surface area contributed by atoms with Crippen LogP contribution in [0.2, 0.25) is 0 Å². The van der Waals surface area contributed by atoms with Crippen LogP contribution in [-0.4, -0.2) is 17.7 Å². The summed E-state index contributed by atoms with van der Waals surface area (Å²) in [5.41, 5.74) is 1.94. The van der Waals surface area contributed by atoms with Gasteiger partial charge in [-0.2, -0.15) is 0 Å². The highest BCUT2D eigenvalue weighted by atomic mass is 16.4. The molecule has 1 fully saturated rings. The zero-order chi connectivity index (χ0) is 19.0. The fraction of sp³-hybridized carbons (Fsp3) is 0.435. The summed E-state index contributed by atoms with van der Waals surface area (Å²) in [5.74, 6) is 0.302. The fourth-order valence-electron chi connectivity index (χ4n) is 4.67. The average molecular weight is 366 g/mol. The van der Waals surface area contributed by atoms with E-state index in [1.54, 1.807) is 0 Å². The Morgan fingerprint density at radius 1 is 1.15 bits per heavy atom. The first-order valence-electron chi connectivity index (χ1n) is 10.2. The molecule has 1 saturated heterocycles. The quantitative estimate of drug-likeness (QED) is 0.548. The summed E-state index contributed by atoms with van der Waals surface area (Å²) in [6, 6.07) is 10.2. The summed E-state index contributed by atoms with van der Waals surface area (Å²) in [4.78, 5) is 14.1. The molecule has 0 radical (unpaired) electrons. The summed E-state index contributed by atoms with van der Waals surface area (Å²) >= 11 is 0. The Kier molecular flexibility index (Phi) is 4.92. The topological polar surface area (TPSA) is 54.9 Å². The molecule has 2 unspecified atom stereocenters. The molecule has 2 atom stereocenters. The van der Waals surface area contributed by atoms with Crippen molar-refractivity contribution in [1.82, 2.24) is 0 Å². The van der Waals surface area contributed by atoms with E-state index in [0.717, 1.165) is 41.3 Å². The van der Waals surface area contributed by atoms with Gasteiger partial charge in [0.1, 0.15) is 12.3 Å². The highest BCUT2D eigenvalue weighted by Crippen LogP contribution is 2.34. The van der Waals surface area contributed by atoms with Crippen molar-refractivity contribution in [2.24, 2.45) is 0 Å². The SMILES string of the molecule is CCc1cc2c(oc(=O)c3ccccc32)c(C[NH+]2CCCCC2CC)c1O. The molecule has 1 aliphatic rings. The van der Waals surface area contributed by atoms with Gasteiger partial charge in [0.2, 0.25) is 0 Å². The molecule has 4 rings (SSSR count). The molecule has 0 bridgehead atoms. The Labute approximate surface area is 159 Å². The Morgan fingerprint density at radius 2 is 1.93 bits per heavy atom. The van der Waals surface area contributed by atoms with E-state index in [4.69, 9.17) is 4.42 Å². The smallest absolute Gasteiger partial charge is 0.344 e. The van der Waals surface area contributed by atoms with Gasteiger partial charge in [0.05, 0.1) is 23.5 Å². The van der Waals surface area contributed by atoms with Crippen LogP contribution in [0.4, 0.5) is 0 Å². The van der Waals surface area contributed by atoms with Crippen molar-refractivity contribution in [3.05, 3.63) is 51.9 Å². The molecule has 2 aromatic carbocycles. The number of hydrogen-bond acceptors (Lipinski definition) is 3. The largest absolute Gasteiger partial charge is 0.507 e. The van der Waals surface area contributed by atoms with Gasteiger partial charge in [-0.3, -0.25) is 0 Å². The summed E-state index contributed by atoms with van der Waals surface area (Å²) < 4.78 is 5.77. The minimum Gasteiger partial charge on any atom is -0.507 e. The van der Waals surface area contributed by atoms with Crippen molar-refractivity contribution < 1.29 is 14.4 Å². The molecule has 1 aromatic heterocycles. The maximum atomic E-state index is 12.6. The number of phenols is 1. The zero-order valence-corrected chi connectivity index (χ0v) is 16.2. The number of benzene rings is 2. The molecule has 0 amide bonds. The minimum absolute atomic E-state index is 0.302. The lowest BCUT2D eigenvalue weighted by molar-refractivity contribution is -0.944. The van der Waals surface area contributed by atoms with Crippen LogP contribution in [0.3, 0.4) is 0 Å². The van der Waals surface area contributed by atoms with Crippen LogP contribution in [0.15, 0.2) is 39.5 Å². The van der Waals surface area contributed by atoms with Crippen LogP contribution in [0, 0.1) is 0 Å². The van der Waals surface area contributed by atoms with Crippen LogP contribution in [0.25, 0.3) is 21.7 Å². The van der Waals surface area contributed by atoms with Crippen molar-refractivity contribution in [3.63, 3.8) is 0 Å². The third-order valence-corrected chi connectivity index (χ3v) is 6.21. The van der Waals surface area contributed by atoms with Gasteiger partial charge >= 0.3 is 5.63 Å². The van der Waals surface area contributed by atoms with Gasteiger partial charge in [0, 0.05) is 5.39 Å². The minimum atomic E-state index is -0.330. The molecule has 1 aliphatic heterocycles. The van der Waals surface area contributed by atoms with Gasteiger partial charge in [0.25, 0.3) is 0 Å². The van der Waals surface area contributed by atoms with E-state index in [9.17, 15) is 9.90 Å². The molecule has 0 aliphatic carbocycles. The highest BCUT2D eigenvalue weighted by molar-refractivity contribution is 6.06. The molecule has 0 spiro atoms. The number of likely N-dealkylation sites (tertiary alicyclic amines) is 1. The molecule has 27 heavy (non-hydrogen) atoms. The maximum absolute atomic E-state index is 12.6. The van der Waals surface area contributed by atoms with E-state index in [1.165, 1.54) is 24.2 Å². The molecule has 2 N–H and O–H groups in total. The first-order valence-corrected chi connectivity index (χ1v) is 10.2. The van der Waals surface area contributed by atoms with E-state index >= 15 is 0 Å². The highest BCUT2D eigenvalue weighted by Gasteiger charge is 2.28. The number of nitrogens with one attached hydrogen (secondary N) is 1. The number of piperidine rings is 1. The predicted octanol–water partition coefficient (Wildman–Crippen LogP) is 3.56. The van der Waals surface area contributed by atoms with Gasteiger partial charge in [-0.15, -0.1) is 0 Å². The lowest BCUT2D eigenvalue weighted by atomic mass is 9.96. The van der Waals surface area contributed by atoms with Crippen LogP contribution in [-0.2, 0) is 13.0 Å². The third-order valence-electron chi connectivity index (χ3n) is 6.21. The second-order valence-electron chi connectivity index (χ2n) is 7.71. The van der Waals surface area contributed by atoms with Crippen LogP contribution >= 0.6 is 0 Å². The van der Waals surface area contributed by atoms with Crippen LogP contribution in [0.5, 0.6) is 5.75 Å². The van der Waals surface area contributed by atoms with Crippen LogP contribution in [0.1, 0.15) is 50.7 Å². The normalized spacial score (nSPS) is 20.4.